The van der Waals surface area contributed by atoms with Crippen molar-refractivity contribution in [1.82, 2.24) is 9.78 Å². The summed E-state index contributed by atoms with van der Waals surface area (Å²) in [7, 11) is 0. The molecule has 17 heavy (non-hydrogen) atoms. The van der Waals surface area contributed by atoms with Crippen molar-refractivity contribution in [3.05, 3.63) is 52.3 Å². The molecule has 0 spiro atoms. The van der Waals surface area contributed by atoms with Crippen LogP contribution in [0.15, 0.2) is 41.1 Å². The van der Waals surface area contributed by atoms with E-state index in [2.05, 4.69) is 27.1 Å². The van der Waals surface area contributed by atoms with Crippen LogP contribution in [-0.2, 0) is 13.0 Å². The van der Waals surface area contributed by atoms with Crippen molar-refractivity contribution in [3.63, 3.8) is 0 Å². The normalized spacial score (nSPS) is 10.7. The van der Waals surface area contributed by atoms with Crippen molar-refractivity contribution < 1.29 is 5.11 Å². The number of nitrogens with zero attached hydrogens (tertiary/aromatic N) is 2. The van der Waals surface area contributed by atoms with Gasteiger partial charge in [-0.15, -0.1) is 0 Å². The summed E-state index contributed by atoms with van der Waals surface area (Å²) in [5, 5.41) is 13.1. The van der Waals surface area contributed by atoms with E-state index in [1.54, 1.807) is 0 Å². The highest BCUT2D eigenvalue weighted by Crippen LogP contribution is 2.17. The van der Waals surface area contributed by atoms with Crippen LogP contribution in [0, 0.1) is 0 Å². The van der Waals surface area contributed by atoms with E-state index in [-0.39, 0.29) is 6.61 Å². The summed E-state index contributed by atoms with van der Waals surface area (Å²) < 4.78 is 3.03. The van der Waals surface area contributed by atoms with Gasteiger partial charge in [-0.3, -0.25) is 4.68 Å². The lowest BCUT2D eigenvalue weighted by Crippen LogP contribution is -2.00. The van der Waals surface area contributed by atoms with E-state index >= 15 is 0 Å². The minimum Gasteiger partial charge on any atom is -0.396 e. The molecule has 1 aromatic heterocycles. The van der Waals surface area contributed by atoms with Crippen LogP contribution in [-0.4, -0.2) is 21.5 Å². The molecule has 0 saturated heterocycles. The van der Waals surface area contributed by atoms with Crippen LogP contribution in [0.4, 0.5) is 0 Å². The van der Waals surface area contributed by atoms with Gasteiger partial charge in [-0.2, -0.15) is 5.10 Å². The fraction of sp³-hybridized carbons (Fsp3) is 0.308. The first-order valence-corrected chi connectivity index (χ1v) is 6.44. The number of aliphatic hydroxyl groups is 1. The molecule has 0 amide bonds. The lowest BCUT2D eigenvalue weighted by molar-refractivity contribution is 0.288. The van der Waals surface area contributed by atoms with Crippen LogP contribution in [0.25, 0.3) is 0 Å². The Bertz CT molecular complexity index is 482. The minimum absolute atomic E-state index is 0.232. The predicted octanol–water partition coefficient (Wildman–Crippen LogP) is 2.62. The molecule has 1 aromatic carbocycles. The summed E-state index contributed by atoms with van der Waals surface area (Å²) in [5.41, 5.74) is 2.38. The Morgan fingerprint density at radius 2 is 2.12 bits per heavy atom. The number of hydrogen-bond donors (Lipinski definition) is 1. The van der Waals surface area contributed by atoms with Gasteiger partial charge >= 0.3 is 0 Å². The van der Waals surface area contributed by atoms with Crippen molar-refractivity contribution in [1.29, 1.82) is 0 Å². The number of hydrogen-bond acceptors (Lipinski definition) is 2. The molecule has 0 fully saturated rings. The maximum Gasteiger partial charge on any atom is 0.0670 e. The summed E-state index contributed by atoms with van der Waals surface area (Å²) >= 11 is 3.53. The fourth-order valence-electron chi connectivity index (χ4n) is 1.71. The molecule has 0 aliphatic heterocycles. The molecule has 1 N–H and O–H groups in total. The summed E-state index contributed by atoms with van der Waals surface area (Å²) in [6.07, 6.45) is 5.58. The molecule has 0 atom stereocenters. The zero-order valence-corrected chi connectivity index (χ0v) is 11.1. The standard InChI is InChI=1S/C13H15BrN2O/c14-13-6-2-1-5-12(13)10-16-9-11(8-15-16)4-3-7-17/h1-2,5-6,8-9,17H,3-4,7,10H2. The first kappa shape index (κ1) is 12.3. The van der Waals surface area contributed by atoms with Gasteiger partial charge in [0.2, 0.25) is 0 Å². The fourth-order valence-corrected chi connectivity index (χ4v) is 2.12. The van der Waals surface area contributed by atoms with Crippen LogP contribution < -0.4 is 0 Å². The van der Waals surface area contributed by atoms with Crippen molar-refractivity contribution >= 4 is 15.9 Å². The zero-order valence-electron chi connectivity index (χ0n) is 9.51. The van der Waals surface area contributed by atoms with E-state index in [4.69, 9.17) is 5.11 Å². The Morgan fingerprint density at radius 1 is 1.29 bits per heavy atom. The van der Waals surface area contributed by atoms with Crippen LogP contribution in [0.1, 0.15) is 17.5 Å². The lowest BCUT2D eigenvalue weighted by Gasteiger charge is -2.03. The highest BCUT2D eigenvalue weighted by molar-refractivity contribution is 9.10. The van der Waals surface area contributed by atoms with Gasteiger partial charge < -0.3 is 5.11 Å². The molecule has 3 nitrogen and oxygen atoms in total. The number of rotatable bonds is 5. The van der Waals surface area contributed by atoms with Gasteiger partial charge in [0.05, 0.1) is 12.7 Å². The molecule has 0 aliphatic rings. The Balaban J connectivity index is 2.04. The van der Waals surface area contributed by atoms with E-state index in [0.717, 1.165) is 23.9 Å². The average Bonchev–Trinajstić information content (AvgIpc) is 2.77. The quantitative estimate of drug-likeness (QED) is 0.921. The van der Waals surface area contributed by atoms with E-state index in [9.17, 15) is 0 Å². The third-order valence-corrected chi connectivity index (χ3v) is 3.37. The minimum atomic E-state index is 0.232. The van der Waals surface area contributed by atoms with Crippen molar-refractivity contribution in [2.75, 3.05) is 6.61 Å². The summed E-state index contributed by atoms with van der Waals surface area (Å²) in [6, 6.07) is 8.14. The van der Waals surface area contributed by atoms with Gasteiger partial charge in [0.15, 0.2) is 0 Å². The van der Waals surface area contributed by atoms with Crippen LogP contribution >= 0.6 is 15.9 Å². The SMILES string of the molecule is OCCCc1cnn(Cc2ccccc2Br)c1. The monoisotopic (exact) mass is 294 g/mol. The first-order chi connectivity index (χ1) is 8.29. The van der Waals surface area contributed by atoms with Crippen molar-refractivity contribution in [2.24, 2.45) is 0 Å². The number of aryl methyl sites for hydroxylation is 1. The molecular formula is C13H15BrN2O. The van der Waals surface area contributed by atoms with E-state index in [0.29, 0.717) is 0 Å². The van der Waals surface area contributed by atoms with Crippen LogP contribution in [0.2, 0.25) is 0 Å². The molecule has 4 heteroatoms. The van der Waals surface area contributed by atoms with E-state index < -0.39 is 0 Å². The van der Waals surface area contributed by atoms with Crippen LogP contribution in [0.3, 0.4) is 0 Å². The average molecular weight is 295 g/mol. The van der Waals surface area contributed by atoms with E-state index in [1.165, 1.54) is 11.1 Å². The number of aliphatic hydroxyl groups excluding tert-OH is 1. The van der Waals surface area contributed by atoms with Gasteiger partial charge in [-0.05, 0) is 30.0 Å². The summed E-state index contributed by atoms with van der Waals surface area (Å²) in [4.78, 5) is 0. The second kappa shape index (κ2) is 5.98. The molecule has 90 valence electrons. The molecule has 0 bridgehead atoms. The Morgan fingerprint density at radius 3 is 2.88 bits per heavy atom. The predicted molar refractivity (Wildman–Crippen MR) is 70.9 cm³/mol. The molecule has 0 radical (unpaired) electrons. The summed E-state index contributed by atoms with van der Waals surface area (Å²) in [5.74, 6) is 0. The maximum absolute atomic E-state index is 8.77. The van der Waals surface area contributed by atoms with Gasteiger partial charge in [-0.1, -0.05) is 34.1 Å². The van der Waals surface area contributed by atoms with Gasteiger partial charge in [-0.25, -0.2) is 0 Å². The van der Waals surface area contributed by atoms with Gasteiger partial charge in [0, 0.05) is 17.3 Å². The van der Waals surface area contributed by atoms with E-state index in [1.807, 2.05) is 35.3 Å². The second-order valence-electron chi connectivity index (χ2n) is 3.96. The topological polar surface area (TPSA) is 38.1 Å². The molecule has 0 aliphatic carbocycles. The number of halogens is 1. The lowest BCUT2D eigenvalue weighted by atomic mass is 10.2. The zero-order chi connectivity index (χ0) is 12.1. The van der Waals surface area contributed by atoms with Crippen LogP contribution in [0.5, 0.6) is 0 Å². The Hall–Kier alpha value is -1.13. The highest BCUT2D eigenvalue weighted by atomic mass is 79.9. The molecule has 2 aromatic rings. The summed E-state index contributed by atoms with van der Waals surface area (Å²) in [6.45, 7) is 0.996. The number of benzene rings is 1. The highest BCUT2D eigenvalue weighted by Gasteiger charge is 2.02. The van der Waals surface area contributed by atoms with Gasteiger partial charge in [0.25, 0.3) is 0 Å². The molecule has 2 rings (SSSR count). The second-order valence-corrected chi connectivity index (χ2v) is 4.82. The molecule has 1 heterocycles. The third kappa shape index (κ3) is 3.41. The van der Waals surface area contributed by atoms with Gasteiger partial charge in [0.1, 0.15) is 0 Å². The molecule has 0 saturated carbocycles. The molecular weight excluding hydrogens is 280 g/mol. The smallest absolute Gasteiger partial charge is 0.0670 e. The van der Waals surface area contributed by atoms with Crippen molar-refractivity contribution in [2.45, 2.75) is 19.4 Å². The first-order valence-electron chi connectivity index (χ1n) is 5.65. The number of aromatic nitrogens is 2. The Kier molecular flexibility index (Phi) is 4.34. The maximum atomic E-state index is 8.77. The third-order valence-electron chi connectivity index (χ3n) is 2.60. The largest absolute Gasteiger partial charge is 0.396 e. The Labute approximate surface area is 109 Å². The van der Waals surface area contributed by atoms with Crippen molar-refractivity contribution in [3.8, 4) is 0 Å². The molecule has 0 unspecified atom stereocenters.